The minimum absolute atomic E-state index is 0.105. The number of rotatable bonds is 5. The molecule has 1 aromatic rings. The predicted molar refractivity (Wildman–Crippen MR) is 111 cm³/mol. The van der Waals surface area contributed by atoms with E-state index in [0.29, 0.717) is 24.6 Å². The molecule has 2 aliphatic heterocycles. The summed E-state index contributed by atoms with van der Waals surface area (Å²) in [5.74, 6) is 0.154. The van der Waals surface area contributed by atoms with Crippen molar-refractivity contribution in [3.63, 3.8) is 0 Å². The number of methoxy groups -OCH3 is 1. The van der Waals surface area contributed by atoms with E-state index in [9.17, 15) is 18.0 Å². The molecule has 3 aliphatic rings. The smallest absolute Gasteiger partial charge is 0.246 e. The van der Waals surface area contributed by atoms with Crippen LogP contribution in [0.1, 0.15) is 51.0 Å². The highest BCUT2D eigenvalue weighted by atomic mass is 32.2. The van der Waals surface area contributed by atoms with E-state index in [4.69, 9.17) is 4.74 Å². The van der Waals surface area contributed by atoms with Gasteiger partial charge in [0.05, 0.1) is 25.5 Å². The Hall–Kier alpha value is -1.93. The highest BCUT2D eigenvalue weighted by molar-refractivity contribution is 7.89. The van der Waals surface area contributed by atoms with Crippen molar-refractivity contribution in [2.45, 2.75) is 56.9 Å². The molecule has 1 saturated carbocycles. The lowest BCUT2D eigenvalue weighted by Crippen LogP contribution is -2.38. The summed E-state index contributed by atoms with van der Waals surface area (Å²) in [7, 11) is -2.26. The molecule has 0 N–H and O–H groups in total. The third kappa shape index (κ3) is 3.75. The van der Waals surface area contributed by atoms with Gasteiger partial charge >= 0.3 is 0 Å². The Morgan fingerprint density at radius 2 is 1.60 bits per heavy atom. The normalized spacial score (nSPS) is 26.1. The molecule has 30 heavy (non-hydrogen) atoms. The first-order valence-corrected chi connectivity index (χ1v) is 12.3. The molecule has 8 heteroatoms. The van der Waals surface area contributed by atoms with Gasteiger partial charge in [-0.05, 0) is 49.3 Å². The van der Waals surface area contributed by atoms with Crippen LogP contribution < -0.4 is 4.74 Å². The van der Waals surface area contributed by atoms with E-state index < -0.39 is 10.0 Å². The van der Waals surface area contributed by atoms with E-state index in [-0.39, 0.29) is 40.8 Å². The first-order chi connectivity index (χ1) is 14.3. The van der Waals surface area contributed by atoms with Gasteiger partial charge in [0, 0.05) is 13.1 Å². The van der Waals surface area contributed by atoms with Gasteiger partial charge in [0.1, 0.15) is 10.6 Å². The summed E-state index contributed by atoms with van der Waals surface area (Å²) in [4.78, 5) is 27.0. The van der Waals surface area contributed by atoms with Crippen LogP contribution in [0, 0.1) is 17.8 Å². The summed E-state index contributed by atoms with van der Waals surface area (Å²) in [6.07, 6.45) is 5.16. The van der Waals surface area contributed by atoms with Crippen LogP contribution >= 0.6 is 0 Å². The lowest BCUT2D eigenvalue weighted by Gasteiger charge is -2.30. The van der Waals surface area contributed by atoms with E-state index >= 15 is 0 Å². The molecule has 3 fully saturated rings. The average Bonchev–Trinajstić information content (AvgIpc) is 2.99. The number of hydrogen-bond donors (Lipinski definition) is 0. The highest BCUT2D eigenvalue weighted by Gasteiger charge is 2.48. The Labute approximate surface area is 178 Å². The second kappa shape index (κ2) is 8.30. The number of piperidine rings is 1. The zero-order chi connectivity index (χ0) is 21.5. The maximum Gasteiger partial charge on any atom is 0.246 e. The summed E-state index contributed by atoms with van der Waals surface area (Å²) < 4.78 is 33.4. The molecule has 1 aliphatic carbocycles. The Kier molecular flexibility index (Phi) is 5.90. The Morgan fingerprint density at radius 1 is 1.00 bits per heavy atom. The van der Waals surface area contributed by atoms with Gasteiger partial charge in [-0.2, -0.15) is 4.31 Å². The van der Waals surface area contributed by atoms with Crippen molar-refractivity contribution in [3.05, 3.63) is 23.8 Å². The van der Waals surface area contributed by atoms with Crippen LogP contribution in [-0.2, 0) is 26.2 Å². The zero-order valence-corrected chi connectivity index (χ0v) is 18.5. The predicted octanol–water partition coefficient (Wildman–Crippen LogP) is 2.79. The first kappa shape index (κ1) is 21.3. The zero-order valence-electron chi connectivity index (χ0n) is 17.7. The van der Waals surface area contributed by atoms with Crippen LogP contribution in [0.2, 0.25) is 0 Å². The average molecular weight is 435 g/mol. The van der Waals surface area contributed by atoms with Crippen molar-refractivity contribution >= 4 is 21.8 Å². The number of ether oxygens (including phenoxy) is 1. The van der Waals surface area contributed by atoms with Crippen LogP contribution in [0.25, 0.3) is 0 Å². The highest BCUT2D eigenvalue weighted by Crippen LogP contribution is 2.39. The molecule has 2 amide bonds. The van der Waals surface area contributed by atoms with Crippen molar-refractivity contribution < 1.29 is 22.7 Å². The largest absolute Gasteiger partial charge is 0.495 e. The van der Waals surface area contributed by atoms with Gasteiger partial charge in [-0.25, -0.2) is 8.42 Å². The van der Waals surface area contributed by atoms with Crippen LogP contribution in [0.3, 0.4) is 0 Å². The number of benzene rings is 1. The molecule has 2 heterocycles. The second-order valence-electron chi connectivity index (χ2n) is 8.83. The van der Waals surface area contributed by atoms with Crippen LogP contribution in [0.15, 0.2) is 23.1 Å². The maximum absolute atomic E-state index is 13.3. The number of nitrogens with zero attached hydrogens (tertiary/aromatic N) is 2. The van der Waals surface area contributed by atoms with Gasteiger partial charge < -0.3 is 4.74 Å². The number of hydrogen-bond acceptors (Lipinski definition) is 5. The van der Waals surface area contributed by atoms with Gasteiger partial charge in [0.2, 0.25) is 21.8 Å². The fourth-order valence-electron chi connectivity index (χ4n) is 4.95. The maximum atomic E-state index is 13.3. The number of carbonyl (C=O) groups is 2. The summed E-state index contributed by atoms with van der Waals surface area (Å²) in [6, 6.07) is 4.92. The lowest BCUT2D eigenvalue weighted by atomic mass is 9.81. The molecular formula is C22H30N2O5S. The van der Waals surface area contributed by atoms with Crippen LogP contribution in [-0.4, -0.2) is 49.6 Å². The van der Waals surface area contributed by atoms with Gasteiger partial charge in [-0.15, -0.1) is 0 Å². The van der Waals surface area contributed by atoms with Crippen LogP contribution in [0.4, 0.5) is 0 Å². The molecular weight excluding hydrogens is 404 g/mol. The number of sulfonamides is 1. The third-order valence-electron chi connectivity index (χ3n) is 6.86. The third-order valence-corrected chi connectivity index (χ3v) is 8.78. The quantitative estimate of drug-likeness (QED) is 0.666. The van der Waals surface area contributed by atoms with E-state index in [1.807, 2.05) is 0 Å². The molecule has 1 aromatic carbocycles. The van der Waals surface area contributed by atoms with Crippen LogP contribution in [0.5, 0.6) is 5.75 Å². The molecule has 4 rings (SSSR count). The van der Waals surface area contributed by atoms with Crippen molar-refractivity contribution in [2.24, 2.45) is 17.8 Å². The fraction of sp³-hybridized carbons (Fsp3) is 0.636. The molecule has 164 valence electrons. The first-order valence-electron chi connectivity index (χ1n) is 10.8. The second-order valence-corrected chi connectivity index (χ2v) is 10.7. The minimum Gasteiger partial charge on any atom is -0.495 e. The van der Waals surface area contributed by atoms with Gasteiger partial charge in [-0.1, -0.05) is 25.8 Å². The lowest BCUT2D eigenvalue weighted by molar-refractivity contribution is -0.140. The molecule has 2 saturated heterocycles. The Balaban J connectivity index is 1.60. The SMILES string of the molecule is COc1ccc(CN2C(=O)[C@H]3CCCC[C@@H]3C2=O)cc1S(=O)(=O)N1CCC(C)CC1. The van der Waals surface area contributed by atoms with Crippen molar-refractivity contribution in [2.75, 3.05) is 20.2 Å². The molecule has 0 spiro atoms. The number of carbonyl (C=O) groups excluding carboxylic acids is 2. The van der Waals surface area contributed by atoms with Crippen molar-refractivity contribution in [1.29, 1.82) is 0 Å². The van der Waals surface area contributed by atoms with E-state index in [2.05, 4.69) is 6.92 Å². The summed E-state index contributed by atoms with van der Waals surface area (Å²) in [5.41, 5.74) is 0.625. The number of likely N-dealkylation sites (tertiary alicyclic amines) is 1. The molecule has 0 bridgehead atoms. The molecule has 7 nitrogen and oxygen atoms in total. The van der Waals surface area contributed by atoms with E-state index in [1.165, 1.54) is 16.3 Å². The van der Waals surface area contributed by atoms with Crippen molar-refractivity contribution in [3.8, 4) is 5.75 Å². The monoisotopic (exact) mass is 434 g/mol. The standard InChI is InChI=1S/C22H30N2O5S/c1-15-9-11-23(12-10-15)30(27,28)20-13-16(7-8-19(20)29-2)14-24-21(25)17-5-3-4-6-18(17)22(24)26/h7-8,13,15,17-18H,3-6,9-12,14H2,1-2H3/t17-,18-/m0/s1. The Morgan fingerprint density at radius 3 is 2.17 bits per heavy atom. The molecule has 0 unspecified atom stereocenters. The molecule has 2 atom stereocenters. The number of imide groups is 1. The number of amides is 2. The summed E-state index contributed by atoms with van der Waals surface area (Å²) in [6.45, 7) is 3.22. The molecule has 0 radical (unpaired) electrons. The Bertz CT molecular complexity index is 913. The molecule has 0 aromatic heterocycles. The topological polar surface area (TPSA) is 84.0 Å². The minimum atomic E-state index is -3.71. The van der Waals surface area contributed by atoms with Gasteiger partial charge in [0.25, 0.3) is 0 Å². The fourth-order valence-corrected chi connectivity index (χ4v) is 6.63. The van der Waals surface area contributed by atoms with Crippen molar-refractivity contribution in [1.82, 2.24) is 9.21 Å². The van der Waals surface area contributed by atoms with Gasteiger partial charge in [0.15, 0.2) is 0 Å². The van der Waals surface area contributed by atoms with E-state index in [1.54, 1.807) is 18.2 Å². The van der Waals surface area contributed by atoms with E-state index in [0.717, 1.165) is 38.5 Å². The summed E-state index contributed by atoms with van der Waals surface area (Å²) in [5, 5.41) is 0. The van der Waals surface area contributed by atoms with Gasteiger partial charge in [-0.3, -0.25) is 14.5 Å². The number of fused-ring (bicyclic) bond motifs is 1. The summed E-state index contributed by atoms with van der Waals surface area (Å²) >= 11 is 0.